The standard InChI is InChI=1S/C25H25BINS2/c1-14-9-16(3)22(17(4)10-14)26(23-18(5)11-15(2)12-19(23)6)20-13-21(27)30-24(20)25-28-7-8-29-25/h7-13H,1-6H3. The molecule has 0 spiro atoms. The lowest BCUT2D eigenvalue weighted by atomic mass is 9.34. The third-order valence-electron chi connectivity index (χ3n) is 5.72. The highest BCUT2D eigenvalue weighted by Gasteiger charge is 2.32. The van der Waals surface area contributed by atoms with Gasteiger partial charge in [-0.25, -0.2) is 4.98 Å². The molecule has 0 fully saturated rings. The molecule has 0 aliphatic rings. The van der Waals surface area contributed by atoms with Crippen molar-refractivity contribution >= 4 is 68.4 Å². The van der Waals surface area contributed by atoms with Gasteiger partial charge in [-0.15, -0.1) is 22.7 Å². The van der Waals surface area contributed by atoms with Gasteiger partial charge in [-0.3, -0.25) is 0 Å². The predicted molar refractivity (Wildman–Crippen MR) is 144 cm³/mol. The first-order chi connectivity index (χ1) is 14.3. The molecule has 0 saturated carbocycles. The Bertz CT molecular complexity index is 1120. The van der Waals surface area contributed by atoms with Crippen molar-refractivity contribution in [2.75, 3.05) is 0 Å². The fourth-order valence-corrected chi connectivity index (χ4v) is 7.52. The van der Waals surface area contributed by atoms with Crippen LogP contribution >= 0.6 is 45.3 Å². The lowest BCUT2D eigenvalue weighted by Gasteiger charge is -2.24. The smallest absolute Gasteiger partial charge is 0.244 e. The molecule has 5 heteroatoms. The number of halogens is 1. The summed E-state index contributed by atoms with van der Waals surface area (Å²) in [5.74, 6) is 0. The van der Waals surface area contributed by atoms with E-state index in [0.29, 0.717) is 0 Å². The van der Waals surface area contributed by atoms with Crippen molar-refractivity contribution in [3.63, 3.8) is 0 Å². The van der Waals surface area contributed by atoms with E-state index in [1.54, 1.807) is 11.3 Å². The van der Waals surface area contributed by atoms with Crippen LogP contribution in [0.15, 0.2) is 41.9 Å². The van der Waals surface area contributed by atoms with Gasteiger partial charge < -0.3 is 0 Å². The molecule has 0 N–H and O–H groups in total. The van der Waals surface area contributed by atoms with Crippen molar-refractivity contribution in [3.05, 3.63) is 78.2 Å². The minimum Gasteiger partial charge on any atom is -0.244 e. The molecule has 4 aromatic rings. The number of benzene rings is 2. The van der Waals surface area contributed by atoms with Crippen LogP contribution in [-0.4, -0.2) is 11.7 Å². The molecule has 4 rings (SSSR count). The molecule has 0 aliphatic carbocycles. The van der Waals surface area contributed by atoms with E-state index in [9.17, 15) is 0 Å². The quantitative estimate of drug-likeness (QED) is 0.234. The molecule has 2 heterocycles. The molecule has 0 bridgehead atoms. The van der Waals surface area contributed by atoms with Crippen LogP contribution in [0.5, 0.6) is 0 Å². The normalized spacial score (nSPS) is 11.2. The highest BCUT2D eigenvalue weighted by molar-refractivity contribution is 14.1. The number of aryl methyl sites for hydroxylation is 6. The molecule has 0 atom stereocenters. The second-order valence-electron chi connectivity index (χ2n) is 8.23. The summed E-state index contributed by atoms with van der Waals surface area (Å²) in [7, 11) is 0. The first kappa shape index (κ1) is 21.8. The van der Waals surface area contributed by atoms with Crippen LogP contribution in [0.2, 0.25) is 0 Å². The average molecular weight is 541 g/mol. The van der Waals surface area contributed by atoms with Gasteiger partial charge in [0, 0.05) is 11.6 Å². The van der Waals surface area contributed by atoms with E-state index in [4.69, 9.17) is 0 Å². The van der Waals surface area contributed by atoms with E-state index < -0.39 is 0 Å². The van der Waals surface area contributed by atoms with E-state index in [-0.39, 0.29) is 6.71 Å². The van der Waals surface area contributed by atoms with Crippen LogP contribution in [0.3, 0.4) is 0 Å². The molecule has 0 radical (unpaired) electrons. The van der Waals surface area contributed by atoms with Crippen molar-refractivity contribution < 1.29 is 0 Å². The zero-order valence-corrected chi connectivity index (χ0v) is 22.1. The third-order valence-corrected chi connectivity index (χ3v) is 8.56. The molecule has 152 valence electrons. The summed E-state index contributed by atoms with van der Waals surface area (Å²) in [6, 6.07) is 11.7. The van der Waals surface area contributed by atoms with Gasteiger partial charge in [0.05, 0.1) is 7.76 Å². The second-order valence-corrected chi connectivity index (χ2v) is 12.1. The summed E-state index contributed by atoms with van der Waals surface area (Å²) >= 11 is 6.05. The Hall–Kier alpha value is -1.44. The number of hydrogen-bond acceptors (Lipinski definition) is 3. The molecule has 30 heavy (non-hydrogen) atoms. The summed E-state index contributed by atoms with van der Waals surface area (Å²) in [5.41, 5.74) is 12.3. The maximum absolute atomic E-state index is 4.67. The maximum atomic E-state index is 4.67. The van der Waals surface area contributed by atoms with Crippen LogP contribution in [-0.2, 0) is 0 Å². The first-order valence-corrected chi connectivity index (χ1v) is 12.9. The monoisotopic (exact) mass is 541 g/mol. The molecular weight excluding hydrogens is 516 g/mol. The van der Waals surface area contributed by atoms with Crippen molar-refractivity contribution in [2.45, 2.75) is 41.5 Å². The lowest BCUT2D eigenvalue weighted by Crippen LogP contribution is -2.56. The van der Waals surface area contributed by atoms with E-state index in [2.05, 4.69) is 105 Å². The van der Waals surface area contributed by atoms with Crippen LogP contribution in [0, 0.1) is 44.4 Å². The SMILES string of the molecule is Cc1cc(C)c(B(c2cc(I)sc2-c2nccs2)c2c(C)cc(C)cc2C)c(C)c1. The number of hydrogen-bond donors (Lipinski definition) is 0. The Labute approximate surface area is 201 Å². The molecule has 0 amide bonds. The van der Waals surface area contributed by atoms with Crippen LogP contribution in [0.4, 0.5) is 0 Å². The zero-order valence-electron chi connectivity index (χ0n) is 18.3. The molecule has 1 nitrogen and oxygen atoms in total. The van der Waals surface area contributed by atoms with E-state index in [1.165, 1.54) is 57.5 Å². The van der Waals surface area contributed by atoms with Crippen molar-refractivity contribution in [2.24, 2.45) is 0 Å². The van der Waals surface area contributed by atoms with Crippen LogP contribution in [0.1, 0.15) is 33.4 Å². The number of thiazole rings is 1. The van der Waals surface area contributed by atoms with Crippen molar-refractivity contribution in [1.29, 1.82) is 0 Å². The minimum atomic E-state index is 0.199. The Balaban J connectivity index is 2.08. The largest absolute Gasteiger partial charge is 0.244 e. The van der Waals surface area contributed by atoms with Gasteiger partial charge >= 0.3 is 0 Å². The van der Waals surface area contributed by atoms with E-state index in [1.807, 2.05) is 17.5 Å². The maximum Gasteiger partial charge on any atom is 0.244 e. The Kier molecular flexibility index (Phi) is 6.24. The van der Waals surface area contributed by atoms with Crippen LogP contribution in [0.25, 0.3) is 9.88 Å². The zero-order chi connectivity index (χ0) is 21.6. The summed E-state index contributed by atoms with van der Waals surface area (Å²) < 4.78 is 1.31. The first-order valence-electron chi connectivity index (χ1n) is 10.1. The fourth-order valence-electron chi connectivity index (χ4n) is 4.84. The Morgan fingerprint density at radius 2 is 1.27 bits per heavy atom. The third kappa shape index (κ3) is 4.04. The predicted octanol–water partition coefficient (Wildman–Crippen LogP) is 5.84. The lowest BCUT2D eigenvalue weighted by molar-refractivity contribution is 1.34. The average Bonchev–Trinajstić information content (AvgIpc) is 3.28. The molecule has 0 aliphatic heterocycles. The molecule has 0 unspecified atom stereocenters. The summed E-state index contributed by atoms with van der Waals surface area (Å²) in [6.07, 6.45) is 1.91. The summed E-state index contributed by atoms with van der Waals surface area (Å²) in [4.78, 5) is 5.98. The van der Waals surface area contributed by atoms with Gasteiger partial charge in [0.15, 0.2) is 0 Å². The Morgan fingerprint density at radius 1 is 0.767 bits per heavy atom. The number of aromatic nitrogens is 1. The van der Waals surface area contributed by atoms with E-state index in [0.717, 1.165) is 5.01 Å². The number of nitrogens with zero attached hydrogens (tertiary/aromatic N) is 1. The summed E-state index contributed by atoms with van der Waals surface area (Å²) in [6.45, 7) is 13.6. The number of rotatable bonds is 4. The van der Waals surface area contributed by atoms with Crippen molar-refractivity contribution in [1.82, 2.24) is 4.98 Å². The second kappa shape index (κ2) is 8.60. The number of thiophene rings is 1. The fraction of sp³-hybridized carbons (Fsp3) is 0.240. The molecule has 2 aromatic heterocycles. The van der Waals surface area contributed by atoms with Crippen LogP contribution < -0.4 is 16.4 Å². The van der Waals surface area contributed by atoms with Gasteiger partial charge in [-0.2, -0.15) is 0 Å². The highest BCUT2D eigenvalue weighted by Crippen LogP contribution is 2.30. The Morgan fingerprint density at radius 3 is 1.70 bits per heavy atom. The minimum absolute atomic E-state index is 0.199. The van der Waals surface area contributed by atoms with Crippen molar-refractivity contribution in [3.8, 4) is 9.88 Å². The highest BCUT2D eigenvalue weighted by atomic mass is 127. The van der Waals surface area contributed by atoms with Gasteiger partial charge in [0.2, 0.25) is 6.71 Å². The topological polar surface area (TPSA) is 12.9 Å². The van der Waals surface area contributed by atoms with Gasteiger partial charge in [0.25, 0.3) is 0 Å². The van der Waals surface area contributed by atoms with E-state index >= 15 is 0 Å². The van der Waals surface area contributed by atoms with Gasteiger partial charge in [0.1, 0.15) is 5.01 Å². The van der Waals surface area contributed by atoms with Gasteiger partial charge in [-0.05, 0) is 75.7 Å². The molecular formula is C25H25BINS2. The molecule has 2 aromatic carbocycles. The summed E-state index contributed by atoms with van der Waals surface area (Å²) in [5, 5.41) is 3.19. The molecule has 0 saturated heterocycles. The van der Waals surface area contributed by atoms with Gasteiger partial charge in [-0.1, -0.05) is 68.6 Å².